The number of benzene rings is 1. The summed E-state index contributed by atoms with van der Waals surface area (Å²) in [4.78, 5) is 41.1. The number of hydrogen-bond acceptors (Lipinski definition) is 13. The minimum absolute atomic E-state index is 0.0167. The van der Waals surface area contributed by atoms with Crippen LogP contribution < -0.4 is 0 Å². The van der Waals surface area contributed by atoms with Gasteiger partial charge in [0.25, 0.3) is 0 Å². The number of likely N-dealkylation sites (tertiary alicyclic amines) is 1. The first-order chi connectivity index (χ1) is 23.8. The average molecular weight is 702 g/mol. The Morgan fingerprint density at radius 2 is 1.72 bits per heavy atom. The molecule has 5 aliphatic carbocycles. The Morgan fingerprint density at radius 1 is 1.00 bits per heavy atom. The molecule has 1 aromatic rings. The number of carboxylic acids is 1. The minimum atomic E-state index is -1.93. The molecule has 1 saturated heterocycles. The van der Waals surface area contributed by atoms with Gasteiger partial charge in [0, 0.05) is 82.1 Å². The lowest BCUT2D eigenvalue weighted by Crippen LogP contribution is -2.81. The zero-order valence-corrected chi connectivity index (χ0v) is 28.8. The third kappa shape index (κ3) is 4.33. The normalized spacial score (nSPS) is 46.9. The van der Waals surface area contributed by atoms with E-state index >= 15 is 0 Å². The van der Waals surface area contributed by atoms with Crippen molar-refractivity contribution in [3.8, 4) is 0 Å². The van der Waals surface area contributed by atoms with Gasteiger partial charge in [-0.1, -0.05) is 24.3 Å². The predicted octanol–water partition coefficient (Wildman–Crippen LogP) is 0.269. The highest BCUT2D eigenvalue weighted by Crippen LogP contribution is 2.80. The number of ether oxygens (including phenoxy) is 6. The number of aliphatic carboxylic acids is 1. The van der Waals surface area contributed by atoms with Gasteiger partial charge < -0.3 is 53.7 Å². The van der Waals surface area contributed by atoms with Crippen LogP contribution in [-0.2, 0) is 38.0 Å². The molecule has 7 rings (SSSR count). The molecule has 4 N–H and O–H groups in total. The molecular formula is C36H47NO13. The molecule has 1 aromatic carbocycles. The number of rotatable bonds is 11. The maximum Gasteiger partial charge on any atom is 0.338 e. The molecular weight excluding hydrogens is 654 g/mol. The third-order valence-electron chi connectivity index (χ3n) is 13.4. The van der Waals surface area contributed by atoms with Crippen LogP contribution in [0.1, 0.15) is 29.6 Å². The lowest BCUT2D eigenvalue weighted by atomic mass is 9.42. The maximum absolute atomic E-state index is 13.9. The van der Waals surface area contributed by atoms with Crippen LogP contribution in [0.4, 0.5) is 0 Å². The average Bonchev–Trinajstić information content (AvgIpc) is 3.47. The van der Waals surface area contributed by atoms with Gasteiger partial charge in [0.05, 0.1) is 36.9 Å². The van der Waals surface area contributed by atoms with Crippen LogP contribution in [0.3, 0.4) is 0 Å². The van der Waals surface area contributed by atoms with Crippen LogP contribution in [0, 0.1) is 34.5 Å². The fraction of sp³-hybridized carbons (Fsp3) is 0.694. The highest BCUT2D eigenvalue weighted by atomic mass is 16.6. The molecule has 1 aliphatic heterocycles. The summed E-state index contributed by atoms with van der Waals surface area (Å²) in [5.74, 6) is -5.71. The molecule has 50 heavy (non-hydrogen) atoms. The monoisotopic (exact) mass is 701 g/mol. The van der Waals surface area contributed by atoms with Crippen LogP contribution in [-0.4, -0.2) is 146 Å². The Kier molecular flexibility index (Phi) is 8.74. The number of aliphatic hydroxyl groups is 3. The molecule has 1 heterocycles. The van der Waals surface area contributed by atoms with E-state index in [2.05, 4.69) is 4.90 Å². The molecule has 14 heteroatoms. The van der Waals surface area contributed by atoms with Crippen molar-refractivity contribution in [3.05, 3.63) is 48.0 Å². The van der Waals surface area contributed by atoms with Gasteiger partial charge in [-0.2, -0.15) is 0 Å². The van der Waals surface area contributed by atoms with E-state index in [9.17, 15) is 34.8 Å². The second kappa shape index (κ2) is 12.3. The number of carboxylic acid groups (broad SMARTS) is 1. The number of hydrogen-bond donors (Lipinski definition) is 4. The van der Waals surface area contributed by atoms with Crippen molar-refractivity contribution in [2.24, 2.45) is 34.5 Å². The van der Waals surface area contributed by atoms with Crippen LogP contribution in [0.15, 0.2) is 42.5 Å². The number of carbonyl (C=O) groups excluding carboxylic acids is 2. The summed E-state index contributed by atoms with van der Waals surface area (Å²) in [5.41, 5.74) is -5.36. The SMILES string of the molecule is COC[C@]12CN(C)C3[C@@H]4[C@H](OC)[C@H]1[C@@]3([C@@H](OC)C[C@H]2O)[C@@H]1C[C@@]2(O)[C@H](OC(=O)c3ccccc3)[C@@H]1[C@]4(OC(=O)/C=C/CC(=O)O)[C@@H](O)[C@@H]2OC. The fourth-order valence-electron chi connectivity index (χ4n) is 12.4. The Morgan fingerprint density at radius 3 is 2.34 bits per heavy atom. The van der Waals surface area contributed by atoms with Crippen molar-refractivity contribution in [3.63, 3.8) is 0 Å². The lowest BCUT2D eigenvalue weighted by molar-refractivity contribution is -0.320. The summed E-state index contributed by atoms with van der Waals surface area (Å²) in [6.07, 6.45) is -4.61. The molecule has 6 fully saturated rings. The molecule has 15 atom stereocenters. The molecule has 5 saturated carbocycles. The van der Waals surface area contributed by atoms with Gasteiger partial charge in [-0.3, -0.25) is 4.79 Å². The van der Waals surface area contributed by atoms with E-state index in [1.807, 2.05) is 7.05 Å². The van der Waals surface area contributed by atoms with Crippen LogP contribution in [0.2, 0.25) is 0 Å². The summed E-state index contributed by atoms with van der Waals surface area (Å²) in [7, 11) is 7.96. The summed E-state index contributed by atoms with van der Waals surface area (Å²) in [6.45, 7) is 0.564. The molecule has 14 nitrogen and oxygen atoms in total. The van der Waals surface area contributed by atoms with Crippen molar-refractivity contribution in [2.45, 2.75) is 73.1 Å². The van der Waals surface area contributed by atoms with Gasteiger partial charge in [0.2, 0.25) is 0 Å². The molecule has 6 aliphatic rings. The number of esters is 2. The summed E-state index contributed by atoms with van der Waals surface area (Å²) < 4.78 is 37.3. The largest absolute Gasteiger partial charge is 0.481 e. The highest BCUT2D eigenvalue weighted by Gasteiger charge is 2.92. The second-order valence-corrected chi connectivity index (χ2v) is 15.1. The van der Waals surface area contributed by atoms with Gasteiger partial charge in [0.1, 0.15) is 23.9 Å². The first kappa shape index (κ1) is 35.5. The minimum Gasteiger partial charge on any atom is -0.481 e. The van der Waals surface area contributed by atoms with Gasteiger partial charge in [-0.25, -0.2) is 9.59 Å². The van der Waals surface area contributed by atoms with Crippen molar-refractivity contribution in [1.82, 2.24) is 4.90 Å². The van der Waals surface area contributed by atoms with Gasteiger partial charge in [-0.05, 0) is 31.5 Å². The fourth-order valence-corrected chi connectivity index (χ4v) is 12.4. The first-order valence-electron chi connectivity index (χ1n) is 17.1. The molecule has 0 aromatic heterocycles. The van der Waals surface area contributed by atoms with E-state index in [-0.39, 0.29) is 25.0 Å². The summed E-state index contributed by atoms with van der Waals surface area (Å²) >= 11 is 0. The van der Waals surface area contributed by atoms with E-state index in [0.29, 0.717) is 6.54 Å². The Bertz CT molecular complexity index is 1540. The zero-order chi connectivity index (χ0) is 36.0. The zero-order valence-electron chi connectivity index (χ0n) is 28.8. The number of nitrogens with zero attached hydrogens (tertiary/aromatic N) is 1. The van der Waals surface area contributed by atoms with Crippen molar-refractivity contribution >= 4 is 17.9 Å². The summed E-state index contributed by atoms with van der Waals surface area (Å²) in [6, 6.07) is 7.85. The van der Waals surface area contributed by atoms with E-state index in [0.717, 1.165) is 12.2 Å². The predicted molar refractivity (Wildman–Crippen MR) is 172 cm³/mol. The van der Waals surface area contributed by atoms with Crippen molar-refractivity contribution < 1.29 is 63.2 Å². The highest BCUT2D eigenvalue weighted by molar-refractivity contribution is 5.89. The molecule has 0 amide bonds. The topological polar surface area (TPSA) is 191 Å². The van der Waals surface area contributed by atoms with E-state index in [1.165, 1.54) is 7.11 Å². The molecule has 7 bridgehead atoms. The smallest absolute Gasteiger partial charge is 0.338 e. The van der Waals surface area contributed by atoms with Crippen LogP contribution in [0.5, 0.6) is 0 Å². The van der Waals surface area contributed by atoms with Crippen molar-refractivity contribution in [1.29, 1.82) is 0 Å². The second-order valence-electron chi connectivity index (χ2n) is 15.1. The molecule has 0 radical (unpaired) electrons. The first-order valence-corrected chi connectivity index (χ1v) is 17.1. The van der Waals surface area contributed by atoms with Gasteiger partial charge in [-0.15, -0.1) is 0 Å². The number of fused-ring (bicyclic) bond motifs is 2. The number of aliphatic hydroxyl groups excluding tert-OH is 2. The molecule has 274 valence electrons. The molecule has 1 unspecified atom stereocenters. The molecule has 1 spiro atoms. The third-order valence-corrected chi connectivity index (χ3v) is 13.4. The number of piperidine rings is 1. The van der Waals surface area contributed by atoms with E-state index in [1.54, 1.807) is 51.7 Å². The standard InChI is InChI=1S/C36H47NO13/c1-37-16-33(17-45-2)20(38)14-21(46-3)35-19-15-34(44)30(49-32(43)18-10-7-6-8-11-18)24(19)36(29(42)31(34)48-5,50-23(41)13-9-12-22(39)40)25(28(35)37)26(47-4)27(33)35/h6-11,13,19-21,24-31,38,42,44H,12,14-17H2,1-5H3,(H,39,40)/b13-9+/t19-,20-,21+,24-,25+,26+,27-,28?,29+,30-,31+,33+,34-,35+,36-/m1/s1. The van der Waals surface area contributed by atoms with Gasteiger partial charge >= 0.3 is 17.9 Å². The van der Waals surface area contributed by atoms with E-state index in [4.69, 9.17) is 28.4 Å². The summed E-state index contributed by atoms with van der Waals surface area (Å²) in [5, 5.41) is 46.7. The lowest BCUT2D eigenvalue weighted by Gasteiger charge is -2.70. The maximum atomic E-state index is 13.9. The number of methoxy groups -OCH3 is 4. The quantitative estimate of drug-likeness (QED) is 0.182. The van der Waals surface area contributed by atoms with Crippen LogP contribution in [0.25, 0.3) is 0 Å². The van der Waals surface area contributed by atoms with Crippen LogP contribution >= 0.6 is 0 Å². The Balaban J connectivity index is 1.50. The Labute approximate surface area is 290 Å². The van der Waals surface area contributed by atoms with Crippen molar-refractivity contribution in [2.75, 3.05) is 48.6 Å². The number of carbonyl (C=O) groups is 3. The van der Waals surface area contributed by atoms with E-state index < -0.39 is 113 Å². The van der Waals surface area contributed by atoms with Gasteiger partial charge in [0.15, 0.2) is 5.60 Å². The Hall–Kier alpha value is -2.95.